The summed E-state index contributed by atoms with van der Waals surface area (Å²) in [5.41, 5.74) is 9.17. The first kappa shape index (κ1) is 17.8. The molecule has 3 aromatic rings. The number of nitrogens with one attached hydrogen (secondary N) is 1. The van der Waals surface area contributed by atoms with E-state index in [2.05, 4.69) is 10.4 Å². The number of amides is 2. The van der Waals surface area contributed by atoms with Gasteiger partial charge in [-0.15, -0.1) is 0 Å². The van der Waals surface area contributed by atoms with Crippen LogP contribution in [0.15, 0.2) is 48.8 Å². The minimum atomic E-state index is -0.935. The van der Waals surface area contributed by atoms with E-state index in [4.69, 9.17) is 5.73 Å². The number of benzene rings is 1. The molecule has 8 heteroatoms. The lowest BCUT2D eigenvalue weighted by Gasteiger charge is -2.32. The molecule has 28 heavy (non-hydrogen) atoms. The van der Waals surface area contributed by atoms with Gasteiger partial charge in [-0.2, -0.15) is 5.10 Å². The molecule has 8 nitrogen and oxygen atoms in total. The maximum Gasteiger partial charge on any atom is 0.407 e. The molecule has 4 rings (SSSR count). The highest BCUT2D eigenvalue weighted by Crippen LogP contribution is 2.29. The molecular formula is C20H21N5O3. The lowest BCUT2D eigenvalue weighted by atomic mass is 10.0. The summed E-state index contributed by atoms with van der Waals surface area (Å²) in [6.45, 7) is 0.875. The molecule has 0 radical (unpaired) electrons. The average molecular weight is 379 g/mol. The number of piperidine rings is 1. The van der Waals surface area contributed by atoms with E-state index < -0.39 is 12.0 Å². The van der Waals surface area contributed by atoms with E-state index in [9.17, 15) is 14.7 Å². The Morgan fingerprint density at radius 1 is 1.21 bits per heavy atom. The number of carbonyl (C=O) groups is 2. The van der Waals surface area contributed by atoms with E-state index in [1.807, 2.05) is 42.6 Å². The van der Waals surface area contributed by atoms with Gasteiger partial charge < -0.3 is 21.1 Å². The van der Waals surface area contributed by atoms with Gasteiger partial charge in [0.1, 0.15) is 0 Å². The van der Waals surface area contributed by atoms with Crippen LogP contribution in [0.25, 0.3) is 16.6 Å². The Balaban J connectivity index is 1.74. The number of fused-ring (bicyclic) bond motifs is 1. The highest BCUT2D eigenvalue weighted by atomic mass is 16.4. The van der Waals surface area contributed by atoms with Gasteiger partial charge in [0.05, 0.1) is 23.0 Å². The first-order valence-corrected chi connectivity index (χ1v) is 9.14. The first-order chi connectivity index (χ1) is 13.5. The Bertz CT molecular complexity index is 1030. The number of nitrogens with two attached hydrogens (primary N) is 1. The van der Waals surface area contributed by atoms with Crippen molar-refractivity contribution in [3.8, 4) is 11.1 Å². The van der Waals surface area contributed by atoms with Crippen LogP contribution in [0.5, 0.6) is 0 Å². The van der Waals surface area contributed by atoms with Crippen LogP contribution in [-0.4, -0.2) is 50.8 Å². The maximum atomic E-state index is 12.0. The van der Waals surface area contributed by atoms with E-state index in [0.29, 0.717) is 18.8 Å². The van der Waals surface area contributed by atoms with Crippen molar-refractivity contribution in [1.29, 1.82) is 0 Å². The van der Waals surface area contributed by atoms with Crippen molar-refractivity contribution in [1.82, 2.24) is 14.5 Å². The standard InChI is InChI=1S/C20H21N5O3/c21-19(26)16-10-22-25-11-14(13-5-2-1-3-6-13)9-17(25)18(16)23-15-7-4-8-24(12-15)20(27)28/h1-3,5-6,9-11,15,23H,4,7-8,12H2,(H2,21,26)(H,27,28)/t15-/m0/s1. The Morgan fingerprint density at radius 3 is 2.71 bits per heavy atom. The summed E-state index contributed by atoms with van der Waals surface area (Å²) in [7, 11) is 0. The highest BCUT2D eigenvalue weighted by Gasteiger charge is 2.25. The predicted octanol–water partition coefficient (Wildman–Crippen LogP) is 2.65. The van der Waals surface area contributed by atoms with Gasteiger partial charge in [0.15, 0.2) is 0 Å². The van der Waals surface area contributed by atoms with Crippen LogP contribution < -0.4 is 11.1 Å². The number of carbonyl (C=O) groups excluding carboxylic acids is 1. The Labute approximate surface area is 161 Å². The van der Waals surface area contributed by atoms with Crippen molar-refractivity contribution >= 4 is 23.2 Å². The molecule has 1 aromatic carbocycles. The molecule has 144 valence electrons. The highest BCUT2D eigenvalue weighted by molar-refractivity contribution is 6.02. The molecule has 0 aliphatic carbocycles. The second-order valence-corrected chi connectivity index (χ2v) is 6.93. The van der Waals surface area contributed by atoms with Crippen LogP contribution in [-0.2, 0) is 0 Å². The SMILES string of the molecule is NC(=O)c1cnn2cc(-c3ccccc3)cc2c1N[C@H]1CCCN(C(=O)O)C1. The molecule has 1 saturated heterocycles. The maximum absolute atomic E-state index is 12.0. The van der Waals surface area contributed by atoms with Crippen LogP contribution in [0.4, 0.5) is 10.5 Å². The fourth-order valence-corrected chi connectivity index (χ4v) is 3.66. The number of carboxylic acid groups (broad SMARTS) is 1. The van der Waals surface area contributed by atoms with Gasteiger partial charge >= 0.3 is 6.09 Å². The number of rotatable bonds is 4. The fraction of sp³-hybridized carbons (Fsp3) is 0.250. The summed E-state index contributed by atoms with van der Waals surface area (Å²) in [4.78, 5) is 24.7. The van der Waals surface area contributed by atoms with Gasteiger partial charge in [-0.3, -0.25) is 4.79 Å². The van der Waals surface area contributed by atoms with Crippen molar-refractivity contribution in [2.75, 3.05) is 18.4 Å². The number of likely N-dealkylation sites (tertiary alicyclic amines) is 1. The molecular weight excluding hydrogens is 358 g/mol. The summed E-state index contributed by atoms with van der Waals surface area (Å²) in [6.07, 6.45) is 3.97. The molecule has 4 N–H and O–H groups in total. The molecule has 0 unspecified atom stereocenters. The number of anilines is 1. The normalized spacial score (nSPS) is 16.9. The smallest absolute Gasteiger partial charge is 0.407 e. The van der Waals surface area contributed by atoms with Crippen LogP contribution >= 0.6 is 0 Å². The summed E-state index contributed by atoms with van der Waals surface area (Å²) < 4.78 is 1.70. The van der Waals surface area contributed by atoms with Crippen molar-refractivity contribution in [3.05, 3.63) is 54.4 Å². The molecule has 3 heterocycles. The van der Waals surface area contributed by atoms with Gasteiger partial charge in [-0.1, -0.05) is 30.3 Å². The fourth-order valence-electron chi connectivity index (χ4n) is 3.66. The third-order valence-electron chi connectivity index (χ3n) is 5.05. The summed E-state index contributed by atoms with van der Waals surface area (Å²) in [5, 5.41) is 16.9. The number of hydrogen-bond acceptors (Lipinski definition) is 4. The number of hydrogen-bond donors (Lipinski definition) is 3. The van der Waals surface area contributed by atoms with Crippen LogP contribution in [0.2, 0.25) is 0 Å². The van der Waals surface area contributed by atoms with E-state index in [0.717, 1.165) is 29.5 Å². The summed E-state index contributed by atoms with van der Waals surface area (Å²) in [6, 6.07) is 11.7. The average Bonchev–Trinajstić information content (AvgIpc) is 3.14. The van der Waals surface area contributed by atoms with E-state index in [-0.39, 0.29) is 11.6 Å². The Hall–Kier alpha value is -3.55. The zero-order valence-electron chi connectivity index (χ0n) is 15.2. The van der Waals surface area contributed by atoms with Gasteiger partial charge in [0, 0.05) is 30.9 Å². The lowest BCUT2D eigenvalue weighted by Crippen LogP contribution is -2.44. The molecule has 1 fully saturated rings. The molecule has 0 bridgehead atoms. The Morgan fingerprint density at radius 2 is 2.00 bits per heavy atom. The Kier molecular flexibility index (Phi) is 4.60. The molecule has 0 spiro atoms. The van der Waals surface area contributed by atoms with Crippen LogP contribution in [0, 0.1) is 0 Å². The largest absolute Gasteiger partial charge is 0.465 e. The molecule has 0 saturated carbocycles. The topological polar surface area (TPSA) is 113 Å². The van der Waals surface area contributed by atoms with Gasteiger partial charge in [0.25, 0.3) is 5.91 Å². The van der Waals surface area contributed by atoms with Crippen LogP contribution in [0.1, 0.15) is 23.2 Å². The van der Waals surface area contributed by atoms with Crippen molar-refractivity contribution in [3.63, 3.8) is 0 Å². The zero-order valence-corrected chi connectivity index (χ0v) is 15.2. The molecule has 1 aliphatic heterocycles. The predicted molar refractivity (Wildman–Crippen MR) is 105 cm³/mol. The molecule has 2 aromatic heterocycles. The quantitative estimate of drug-likeness (QED) is 0.645. The van der Waals surface area contributed by atoms with Crippen molar-refractivity contribution in [2.24, 2.45) is 5.73 Å². The van der Waals surface area contributed by atoms with Crippen molar-refractivity contribution in [2.45, 2.75) is 18.9 Å². The minimum absolute atomic E-state index is 0.107. The molecule has 2 amide bonds. The summed E-state index contributed by atoms with van der Waals surface area (Å²) >= 11 is 0. The summed E-state index contributed by atoms with van der Waals surface area (Å²) in [5.74, 6) is -0.578. The zero-order chi connectivity index (χ0) is 19.7. The monoisotopic (exact) mass is 379 g/mol. The van der Waals surface area contributed by atoms with E-state index in [1.54, 1.807) is 4.52 Å². The van der Waals surface area contributed by atoms with Gasteiger partial charge in [0.2, 0.25) is 0 Å². The third kappa shape index (κ3) is 3.36. The van der Waals surface area contributed by atoms with E-state index in [1.165, 1.54) is 11.1 Å². The second kappa shape index (κ2) is 7.22. The minimum Gasteiger partial charge on any atom is -0.465 e. The number of aromatic nitrogens is 2. The first-order valence-electron chi connectivity index (χ1n) is 9.14. The molecule has 1 atom stereocenters. The number of primary amides is 1. The van der Waals surface area contributed by atoms with Gasteiger partial charge in [-0.05, 0) is 24.5 Å². The third-order valence-corrected chi connectivity index (χ3v) is 5.05. The van der Waals surface area contributed by atoms with E-state index >= 15 is 0 Å². The van der Waals surface area contributed by atoms with Crippen LogP contribution in [0.3, 0.4) is 0 Å². The number of nitrogens with zero attached hydrogens (tertiary/aromatic N) is 3. The second-order valence-electron chi connectivity index (χ2n) is 6.93. The van der Waals surface area contributed by atoms with Crippen molar-refractivity contribution < 1.29 is 14.7 Å². The lowest BCUT2D eigenvalue weighted by molar-refractivity contribution is 0.1000. The van der Waals surface area contributed by atoms with Gasteiger partial charge in [-0.25, -0.2) is 9.31 Å². The molecule has 1 aliphatic rings.